The molecule has 1 aromatic carbocycles. The molecule has 4 aromatic rings. The van der Waals surface area contributed by atoms with Crippen LogP contribution in [-0.4, -0.2) is 57.5 Å². The normalized spacial score (nSPS) is 12.6. The molecule has 0 fully saturated rings. The fourth-order valence-electron chi connectivity index (χ4n) is 3.82. The summed E-state index contributed by atoms with van der Waals surface area (Å²) in [5.41, 5.74) is 3.66. The van der Waals surface area contributed by atoms with Crippen molar-refractivity contribution >= 4 is 44.4 Å². The van der Waals surface area contributed by atoms with Gasteiger partial charge in [-0.05, 0) is 52.2 Å². The molecule has 174 valence electrons. The molecule has 33 heavy (non-hydrogen) atoms. The van der Waals surface area contributed by atoms with E-state index in [2.05, 4.69) is 34.6 Å². The van der Waals surface area contributed by atoms with E-state index in [9.17, 15) is 9.18 Å². The number of halogens is 1. The van der Waals surface area contributed by atoms with Gasteiger partial charge in [0, 0.05) is 31.6 Å². The molecule has 0 radical (unpaired) electrons. The molecule has 0 aliphatic carbocycles. The molecular formula is C23H28FN7OS. The predicted octanol–water partition coefficient (Wildman–Crippen LogP) is 3.94. The first-order valence-electron chi connectivity index (χ1n) is 10.8. The first kappa shape index (κ1) is 23.1. The Morgan fingerprint density at radius 3 is 2.79 bits per heavy atom. The van der Waals surface area contributed by atoms with Gasteiger partial charge in [0.15, 0.2) is 5.82 Å². The van der Waals surface area contributed by atoms with Gasteiger partial charge in [-0.15, -0.1) is 0 Å². The van der Waals surface area contributed by atoms with Crippen LogP contribution in [0.4, 0.5) is 10.2 Å². The molecule has 0 aliphatic rings. The average molecular weight is 470 g/mol. The molecule has 1 amide bonds. The van der Waals surface area contributed by atoms with Crippen LogP contribution in [0.15, 0.2) is 24.5 Å². The van der Waals surface area contributed by atoms with Crippen molar-refractivity contribution in [1.82, 2.24) is 29.7 Å². The molecule has 10 heteroatoms. The van der Waals surface area contributed by atoms with Gasteiger partial charge in [-0.3, -0.25) is 4.79 Å². The van der Waals surface area contributed by atoms with E-state index in [-0.39, 0.29) is 11.7 Å². The van der Waals surface area contributed by atoms with Crippen LogP contribution >= 0.6 is 11.3 Å². The smallest absolute Gasteiger partial charge is 0.217 e. The topological polar surface area (TPSA) is 88.0 Å². The van der Waals surface area contributed by atoms with E-state index in [1.165, 1.54) is 24.3 Å². The second kappa shape index (κ2) is 9.40. The highest BCUT2D eigenvalue weighted by Crippen LogP contribution is 2.36. The van der Waals surface area contributed by atoms with Gasteiger partial charge in [0.25, 0.3) is 0 Å². The Labute approximate surface area is 195 Å². The summed E-state index contributed by atoms with van der Waals surface area (Å²) >= 11 is 1.45. The van der Waals surface area contributed by atoms with Crippen molar-refractivity contribution in [2.45, 2.75) is 26.3 Å². The summed E-state index contributed by atoms with van der Waals surface area (Å²) in [5, 5.41) is 6.90. The second-order valence-corrected chi connectivity index (χ2v) is 9.41. The van der Waals surface area contributed by atoms with Crippen molar-refractivity contribution in [3.05, 3.63) is 35.9 Å². The fraction of sp³-hybridized carbons (Fsp3) is 0.391. The number of thiazole rings is 1. The van der Waals surface area contributed by atoms with E-state index in [0.29, 0.717) is 5.56 Å². The zero-order chi connectivity index (χ0) is 23.7. The maximum atomic E-state index is 14.5. The average Bonchev–Trinajstić information content (AvgIpc) is 3.34. The minimum atomic E-state index is -0.447. The molecule has 0 spiro atoms. The highest BCUT2D eigenvalue weighted by atomic mass is 32.1. The van der Waals surface area contributed by atoms with Crippen LogP contribution in [0, 0.1) is 5.82 Å². The quantitative estimate of drug-likeness (QED) is 0.380. The third-order valence-electron chi connectivity index (χ3n) is 5.41. The number of nitrogens with zero attached hydrogens (tertiary/aromatic N) is 5. The number of nitrogens with one attached hydrogen (secondary N) is 2. The monoisotopic (exact) mass is 469 g/mol. The Morgan fingerprint density at radius 2 is 2.06 bits per heavy atom. The number of aromatic nitrogens is 4. The van der Waals surface area contributed by atoms with E-state index in [1.807, 2.05) is 11.6 Å². The van der Waals surface area contributed by atoms with E-state index >= 15 is 0 Å². The summed E-state index contributed by atoms with van der Waals surface area (Å²) in [6.07, 6.45) is 2.75. The summed E-state index contributed by atoms with van der Waals surface area (Å²) in [4.78, 5) is 28.6. The molecule has 0 bridgehead atoms. The molecule has 2 N–H and O–H groups in total. The first-order valence-corrected chi connectivity index (χ1v) is 11.6. The van der Waals surface area contributed by atoms with Crippen LogP contribution in [-0.2, 0) is 11.8 Å². The van der Waals surface area contributed by atoms with Crippen LogP contribution in [0.25, 0.3) is 32.0 Å². The van der Waals surface area contributed by atoms with Crippen LogP contribution in [0.3, 0.4) is 0 Å². The SMILES string of the molecule is CC(=O)NC(C)c1cc(-c2nc3c(nc(NCCCN(C)C)c4ncn(C)c43)s2)ccc1F. The van der Waals surface area contributed by atoms with Gasteiger partial charge in [-0.1, -0.05) is 11.3 Å². The van der Waals surface area contributed by atoms with Crippen molar-refractivity contribution in [3.8, 4) is 10.6 Å². The second-order valence-electron chi connectivity index (χ2n) is 8.43. The Balaban J connectivity index is 1.73. The summed E-state index contributed by atoms with van der Waals surface area (Å²) < 4.78 is 16.4. The van der Waals surface area contributed by atoms with E-state index in [1.54, 1.807) is 25.4 Å². The molecule has 1 atom stereocenters. The number of amides is 1. The molecule has 4 rings (SSSR count). The number of pyridine rings is 1. The molecule has 1 unspecified atom stereocenters. The van der Waals surface area contributed by atoms with Crippen molar-refractivity contribution in [3.63, 3.8) is 0 Å². The molecular weight excluding hydrogens is 441 g/mol. The van der Waals surface area contributed by atoms with E-state index in [0.717, 1.165) is 57.3 Å². The fourth-order valence-corrected chi connectivity index (χ4v) is 4.76. The van der Waals surface area contributed by atoms with E-state index in [4.69, 9.17) is 9.97 Å². The van der Waals surface area contributed by atoms with Gasteiger partial charge in [0.05, 0.1) is 12.4 Å². The Hall–Kier alpha value is -3.11. The molecule has 0 aliphatic heterocycles. The summed E-state index contributed by atoms with van der Waals surface area (Å²) in [6.45, 7) is 4.95. The largest absolute Gasteiger partial charge is 0.368 e. The number of fused-ring (bicyclic) bond motifs is 3. The number of hydrogen-bond donors (Lipinski definition) is 2. The number of carbonyl (C=O) groups excluding carboxylic acids is 1. The van der Waals surface area contributed by atoms with Crippen LogP contribution < -0.4 is 10.6 Å². The Kier molecular flexibility index (Phi) is 6.57. The molecule has 3 aromatic heterocycles. The lowest BCUT2D eigenvalue weighted by atomic mass is 10.0. The molecule has 8 nitrogen and oxygen atoms in total. The standard InChI is InChI=1S/C23H28FN7OS/c1-13(27-14(2)32)16-11-15(7-8-17(16)24)22-28-19-20-18(26-12-31(20)5)21(29-23(19)33-22)25-9-6-10-30(3)4/h7-8,11-13H,6,9-10H2,1-5H3,(H,25,29)(H,27,32). The minimum Gasteiger partial charge on any atom is -0.368 e. The summed E-state index contributed by atoms with van der Waals surface area (Å²) in [6, 6.07) is 4.42. The number of anilines is 1. The molecule has 0 saturated carbocycles. The number of benzene rings is 1. The van der Waals surface area contributed by atoms with Crippen molar-refractivity contribution in [2.24, 2.45) is 7.05 Å². The maximum Gasteiger partial charge on any atom is 0.217 e. The molecule has 3 heterocycles. The van der Waals surface area contributed by atoms with Crippen LogP contribution in [0.2, 0.25) is 0 Å². The number of hydrogen-bond acceptors (Lipinski definition) is 7. The van der Waals surface area contributed by atoms with Crippen LogP contribution in [0.5, 0.6) is 0 Å². The van der Waals surface area contributed by atoms with Crippen molar-refractivity contribution < 1.29 is 9.18 Å². The van der Waals surface area contributed by atoms with Gasteiger partial charge in [0.2, 0.25) is 5.91 Å². The van der Waals surface area contributed by atoms with Crippen LogP contribution in [0.1, 0.15) is 31.9 Å². The van der Waals surface area contributed by atoms with Gasteiger partial charge in [0.1, 0.15) is 32.2 Å². The van der Waals surface area contributed by atoms with Gasteiger partial charge in [-0.25, -0.2) is 19.3 Å². The van der Waals surface area contributed by atoms with Gasteiger partial charge >= 0.3 is 0 Å². The number of aryl methyl sites for hydroxylation is 1. The zero-order valence-corrected chi connectivity index (χ0v) is 20.3. The predicted molar refractivity (Wildman–Crippen MR) is 131 cm³/mol. The third-order valence-corrected chi connectivity index (χ3v) is 6.41. The van der Waals surface area contributed by atoms with E-state index < -0.39 is 6.04 Å². The lowest BCUT2D eigenvalue weighted by Crippen LogP contribution is -2.24. The Bertz CT molecular complexity index is 1310. The lowest BCUT2D eigenvalue weighted by Gasteiger charge is -2.14. The third kappa shape index (κ3) is 4.81. The number of rotatable bonds is 8. The highest BCUT2D eigenvalue weighted by molar-refractivity contribution is 7.21. The maximum absolute atomic E-state index is 14.5. The number of imidazole rings is 1. The van der Waals surface area contributed by atoms with Crippen molar-refractivity contribution in [2.75, 3.05) is 32.5 Å². The minimum absolute atomic E-state index is 0.208. The first-order chi connectivity index (χ1) is 15.7. The summed E-state index contributed by atoms with van der Waals surface area (Å²) in [5.74, 6) is 0.171. The Morgan fingerprint density at radius 1 is 1.27 bits per heavy atom. The van der Waals surface area contributed by atoms with Gasteiger partial charge in [-0.2, -0.15) is 0 Å². The van der Waals surface area contributed by atoms with Crippen molar-refractivity contribution in [1.29, 1.82) is 0 Å². The number of carbonyl (C=O) groups is 1. The zero-order valence-electron chi connectivity index (χ0n) is 19.4. The van der Waals surface area contributed by atoms with Gasteiger partial charge < -0.3 is 20.1 Å². The highest BCUT2D eigenvalue weighted by Gasteiger charge is 2.19. The summed E-state index contributed by atoms with van der Waals surface area (Å²) in [7, 11) is 6.05. The molecule has 0 saturated heterocycles. The lowest BCUT2D eigenvalue weighted by molar-refractivity contribution is -0.119.